The van der Waals surface area contributed by atoms with E-state index < -0.39 is 0 Å². The highest BCUT2D eigenvalue weighted by Crippen LogP contribution is 2.38. The first-order chi connectivity index (χ1) is 9.78. The summed E-state index contributed by atoms with van der Waals surface area (Å²) < 4.78 is 16.3. The molecular weight excluding hydrogens is 320 g/mol. The minimum Gasteiger partial charge on any atom is -0.497 e. The van der Waals surface area contributed by atoms with Crippen LogP contribution in [0, 0.1) is 0 Å². The summed E-state index contributed by atoms with van der Waals surface area (Å²) in [6.45, 7) is 1.22. The average molecular weight is 335 g/mol. The fourth-order valence-corrected chi connectivity index (χ4v) is 2.77. The molecule has 1 aliphatic rings. The Kier molecular flexibility index (Phi) is 3.83. The van der Waals surface area contributed by atoms with Gasteiger partial charge >= 0.3 is 0 Å². The number of ether oxygens (including phenoxy) is 3. The zero-order valence-corrected chi connectivity index (χ0v) is 12.7. The standard InChI is InChI=1S/C16H15BrO3/c1-18-13-5-2-11(3-6-13)16(17)12-4-7-14-15(10-12)20-9-8-19-14/h2-7,10,16H,8-9H2,1H3. The van der Waals surface area contributed by atoms with E-state index in [1.54, 1.807) is 7.11 Å². The van der Waals surface area contributed by atoms with Gasteiger partial charge in [-0.05, 0) is 35.4 Å². The van der Waals surface area contributed by atoms with Crippen molar-refractivity contribution >= 4 is 15.9 Å². The van der Waals surface area contributed by atoms with Gasteiger partial charge in [-0.25, -0.2) is 0 Å². The Balaban J connectivity index is 1.87. The zero-order chi connectivity index (χ0) is 13.9. The number of methoxy groups -OCH3 is 1. The van der Waals surface area contributed by atoms with E-state index in [0.717, 1.165) is 22.8 Å². The Hall–Kier alpha value is -1.68. The van der Waals surface area contributed by atoms with E-state index in [9.17, 15) is 0 Å². The quantitative estimate of drug-likeness (QED) is 0.795. The van der Waals surface area contributed by atoms with Crippen LogP contribution in [0.1, 0.15) is 16.0 Å². The molecule has 2 aromatic rings. The summed E-state index contributed by atoms with van der Waals surface area (Å²) >= 11 is 3.73. The van der Waals surface area contributed by atoms with Gasteiger partial charge in [0.1, 0.15) is 19.0 Å². The molecule has 0 bridgehead atoms. The van der Waals surface area contributed by atoms with Crippen LogP contribution in [0.3, 0.4) is 0 Å². The fourth-order valence-electron chi connectivity index (χ4n) is 2.18. The maximum absolute atomic E-state index is 5.62. The molecule has 2 aromatic carbocycles. The molecule has 1 heterocycles. The average Bonchev–Trinajstić information content (AvgIpc) is 2.54. The molecule has 0 fully saturated rings. The second-order valence-corrected chi connectivity index (χ2v) is 5.45. The third-order valence-electron chi connectivity index (χ3n) is 3.27. The van der Waals surface area contributed by atoms with Crippen LogP contribution in [0.5, 0.6) is 17.2 Å². The molecule has 0 saturated heterocycles. The SMILES string of the molecule is COc1ccc(C(Br)c2ccc3c(c2)OCCO3)cc1. The van der Waals surface area contributed by atoms with Crippen LogP contribution in [0.25, 0.3) is 0 Å². The minimum absolute atomic E-state index is 0.115. The van der Waals surface area contributed by atoms with Crippen LogP contribution in [-0.4, -0.2) is 20.3 Å². The number of rotatable bonds is 3. The van der Waals surface area contributed by atoms with Gasteiger partial charge in [-0.15, -0.1) is 0 Å². The molecule has 4 heteroatoms. The van der Waals surface area contributed by atoms with E-state index >= 15 is 0 Å². The summed E-state index contributed by atoms with van der Waals surface area (Å²) in [4.78, 5) is 0.115. The summed E-state index contributed by atoms with van der Waals surface area (Å²) in [5.74, 6) is 2.48. The third-order valence-corrected chi connectivity index (χ3v) is 4.32. The Bertz CT molecular complexity index is 595. The molecule has 1 atom stereocenters. The van der Waals surface area contributed by atoms with Gasteiger partial charge in [0.25, 0.3) is 0 Å². The van der Waals surface area contributed by atoms with Gasteiger partial charge in [0.05, 0.1) is 11.9 Å². The second-order valence-electron chi connectivity index (χ2n) is 4.54. The lowest BCUT2D eigenvalue weighted by atomic mass is 10.0. The number of halogens is 1. The predicted octanol–water partition coefficient (Wildman–Crippen LogP) is 3.95. The van der Waals surface area contributed by atoms with Crippen LogP contribution in [0.2, 0.25) is 0 Å². The molecule has 3 nitrogen and oxygen atoms in total. The molecule has 3 rings (SSSR count). The zero-order valence-electron chi connectivity index (χ0n) is 11.1. The van der Waals surface area contributed by atoms with Crippen molar-refractivity contribution in [1.29, 1.82) is 0 Å². The van der Waals surface area contributed by atoms with Crippen molar-refractivity contribution in [1.82, 2.24) is 0 Å². The van der Waals surface area contributed by atoms with Crippen molar-refractivity contribution in [3.63, 3.8) is 0 Å². The Morgan fingerprint density at radius 2 is 1.60 bits per heavy atom. The van der Waals surface area contributed by atoms with Gasteiger partial charge in [0.2, 0.25) is 0 Å². The predicted molar refractivity (Wildman–Crippen MR) is 81.2 cm³/mol. The summed E-state index contributed by atoms with van der Waals surface area (Å²) in [5, 5.41) is 0. The topological polar surface area (TPSA) is 27.7 Å². The highest BCUT2D eigenvalue weighted by molar-refractivity contribution is 9.09. The molecule has 20 heavy (non-hydrogen) atoms. The number of fused-ring (bicyclic) bond motifs is 1. The largest absolute Gasteiger partial charge is 0.497 e. The molecule has 0 N–H and O–H groups in total. The number of benzene rings is 2. The van der Waals surface area contributed by atoms with E-state index in [2.05, 4.69) is 34.1 Å². The first-order valence-electron chi connectivity index (χ1n) is 6.45. The highest BCUT2D eigenvalue weighted by Gasteiger charge is 2.16. The molecule has 0 radical (unpaired) electrons. The highest BCUT2D eigenvalue weighted by atomic mass is 79.9. The lowest BCUT2D eigenvalue weighted by molar-refractivity contribution is 0.171. The summed E-state index contributed by atoms with van der Waals surface area (Å²) in [7, 11) is 1.67. The molecule has 0 aromatic heterocycles. The lowest BCUT2D eigenvalue weighted by Gasteiger charge is -2.20. The molecule has 0 saturated carbocycles. The van der Waals surface area contributed by atoms with E-state index in [-0.39, 0.29) is 4.83 Å². The van der Waals surface area contributed by atoms with Gasteiger partial charge in [0.15, 0.2) is 11.5 Å². The Labute approximate surface area is 126 Å². The summed E-state index contributed by atoms with van der Waals surface area (Å²) in [6, 6.07) is 14.1. The molecule has 0 aliphatic carbocycles. The van der Waals surface area contributed by atoms with Gasteiger partial charge in [-0.3, -0.25) is 0 Å². The molecule has 0 amide bonds. The van der Waals surface area contributed by atoms with Crippen LogP contribution in [0.4, 0.5) is 0 Å². The van der Waals surface area contributed by atoms with E-state index in [4.69, 9.17) is 14.2 Å². The van der Waals surface area contributed by atoms with Gasteiger partial charge in [-0.2, -0.15) is 0 Å². The van der Waals surface area contributed by atoms with Crippen LogP contribution >= 0.6 is 15.9 Å². The maximum Gasteiger partial charge on any atom is 0.161 e. The van der Waals surface area contributed by atoms with Crippen LogP contribution < -0.4 is 14.2 Å². The van der Waals surface area contributed by atoms with Gasteiger partial charge in [0, 0.05) is 0 Å². The smallest absolute Gasteiger partial charge is 0.161 e. The molecule has 0 spiro atoms. The number of alkyl halides is 1. The summed E-state index contributed by atoms with van der Waals surface area (Å²) in [5.41, 5.74) is 2.31. The normalized spacial score (nSPS) is 14.7. The first kappa shape index (κ1) is 13.3. The first-order valence-corrected chi connectivity index (χ1v) is 7.37. The van der Waals surface area contributed by atoms with Gasteiger partial charge in [-0.1, -0.05) is 34.1 Å². The molecule has 1 aliphatic heterocycles. The van der Waals surface area contributed by atoms with E-state index in [1.165, 1.54) is 5.56 Å². The molecular formula is C16H15BrO3. The fraction of sp³-hybridized carbons (Fsp3) is 0.250. The number of hydrogen-bond acceptors (Lipinski definition) is 3. The lowest BCUT2D eigenvalue weighted by Crippen LogP contribution is -2.15. The van der Waals surface area contributed by atoms with Crippen LogP contribution in [0.15, 0.2) is 42.5 Å². The van der Waals surface area contributed by atoms with Crippen molar-refractivity contribution in [3.8, 4) is 17.2 Å². The van der Waals surface area contributed by atoms with Crippen LogP contribution in [-0.2, 0) is 0 Å². The van der Waals surface area contributed by atoms with E-state index in [0.29, 0.717) is 13.2 Å². The van der Waals surface area contributed by atoms with Crippen molar-refractivity contribution in [2.24, 2.45) is 0 Å². The van der Waals surface area contributed by atoms with E-state index in [1.807, 2.05) is 24.3 Å². The molecule has 1 unspecified atom stereocenters. The monoisotopic (exact) mass is 334 g/mol. The molecule has 104 valence electrons. The third kappa shape index (κ3) is 2.61. The Morgan fingerprint density at radius 1 is 0.950 bits per heavy atom. The van der Waals surface area contributed by atoms with Crippen molar-refractivity contribution in [2.45, 2.75) is 4.83 Å². The van der Waals surface area contributed by atoms with Crippen molar-refractivity contribution in [2.75, 3.05) is 20.3 Å². The van der Waals surface area contributed by atoms with Crippen molar-refractivity contribution < 1.29 is 14.2 Å². The number of hydrogen-bond donors (Lipinski definition) is 0. The minimum atomic E-state index is 0.115. The maximum atomic E-state index is 5.62. The second kappa shape index (κ2) is 5.75. The van der Waals surface area contributed by atoms with Crippen molar-refractivity contribution in [3.05, 3.63) is 53.6 Å². The Morgan fingerprint density at radius 3 is 2.30 bits per heavy atom. The van der Waals surface area contributed by atoms with Gasteiger partial charge < -0.3 is 14.2 Å². The summed E-state index contributed by atoms with van der Waals surface area (Å²) in [6.07, 6.45) is 0.